The van der Waals surface area contributed by atoms with Crippen LogP contribution >= 0.6 is 0 Å². The molecule has 0 unspecified atom stereocenters. The second-order valence-corrected chi connectivity index (χ2v) is 0. The maximum absolute atomic E-state index is 0. The Morgan fingerprint density at radius 1 is 0.571 bits per heavy atom. The quantitative estimate of drug-likeness (QED) is 0.545. The van der Waals surface area contributed by atoms with Gasteiger partial charge in [0.05, 0.1) is 0 Å². The molecule has 0 aromatic rings. The van der Waals surface area contributed by atoms with Crippen molar-refractivity contribution in [3.63, 3.8) is 0 Å². The summed E-state index contributed by atoms with van der Waals surface area (Å²) in [5.74, 6) is 0. The maximum Gasteiger partial charge on any atom is 4.00 e. The first-order valence-corrected chi connectivity index (χ1v) is 0. The van der Waals surface area contributed by atoms with E-state index >= 15 is 0 Å². The van der Waals surface area contributed by atoms with Crippen molar-refractivity contribution in [2.45, 2.75) is 0 Å². The molecule has 0 saturated heterocycles. The van der Waals surface area contributed by atoms with Crippen LogP contribution in [-0.2, 0) is 62.5 Å². The first-order chi connectivity index (χ1) is 0. The largest absolute Gasteiger partial charge is 4.00 e. The van der Waals surface area contributed by atoms with E-state index in [4.69, 9.17) is 0 Å². The van der Waals surface area contributed by atoms with E-state index in [2.05, 4.69) is 0 Å². The normalized spacial score (nSPS) is 0. The van der Waals surface area contributed by atoms with Gasteiger partial charge in [0.25, 0.3) is 0 Å². The summed E-state index contributed by atoms with van der Waals surface area (Å²) in [4.78, 5) is 0. The Morgan fingerprint density at radius 3 is 0.571 bits per heavy atom. The van der Waals surface area contributed by atoms with Crippen LogP contribution in [0.5, 0.6) is 0 Å². The summed E-state index contributed by atoms with van der Waals surface area (Å²) in [6.07, 6.45) is 0. The third-order valence-corrected chi connectivity index (χ3v) is 0. The molecule has 0 atom stereocenters. The molecule has 7 heteroatoms. The van der Waals surface area contributed by atoms with E-state index in [0.29, 0.717) is 0 Å². The molecule has 4 nitrogen and oxygen atoms in total. The summed E-state index contributed by atoms with van der Waals surface area (Å²) < 4.78 is 0. The van der Waals surface area contributed by atoms with Gasteiger partial charge in [0.2, 0.25) is 0 Å². The van der Waals surface area contributed by atoms with E-state index in [0.717, 1.165) is 0 Å². The monoisotopic (exact) mass is 281 g/mol. The van der Waals surface area contributed by atoms with Crippen molar-refractivity contribution in [2.24, 2.45) is 0 Å². The molecule has 4 N–H and O–H groups in total. The summed E-state index contributed by atoms with van der Waals surface area (Å²) in [6, 6.07) is 0. The smallest absolute Gasteiger partial charge is 0.870 e. The fraction of sp³-hybridized carbons (Fsp3) is 0. The molecule has 0 bridgehead atoms. The second kappa shape index (κ2) is 107. The van der Waals surface area contributed by atoms with Crippen molar-refractivity contribution in [1.82, 2.24) is 0 Å². The van der Waals surface area contributed by atoms with Crippen LogP contribution in [0.4, 0.5) is 0 Å². The molecule has 0 amide bonds. The van der Waals surface area contributed by atoms with Crippen LogP contribution in [-0.4, -0.2) is 21.9 Å². The van der Waals surface area contributed by atoms with Gasteiger partial charge in [0.15, 0.2) is 0 Å². The van der Waals surface area contributed by atoms with Gasteiger partial charge in [-0.1, -0.05) is 0 Å². The minimum Gasteiger partial charge on any atom is -0.870 e. The van der Waals surface area contributed by atoms with Crippen LogP contribution in [0.25, 0.3) is 0 Å². The topological polar surface area (TPSA) is 120 Å². The number of rotatable bonds is 0. The zero-order valence-corrected chi connectivity index (χ0v) is 9.80. The Hall–Kier alpha value is 1.85. The summed E-state index contributed by atoms with van der Waals surface area (Å²) in [5.41, 5.74) is 0. The molecule has 0 rings (SSSR count). The zero-order valence-electron chi connectivity index (χ0n) is 3.33. The van der Waals surface area contributed by atoms with Gasteiger partial charge in [-0.2, -0.15) is 0 Å². The summed E-state index contributed by atoms with van der Waals surface area (Å²) in [7, 11) is 0. The molecule has 0 aliphatic rings. The Morgan fingerprint density at radius 2 is 0.571 bits per heavy atom. The third kappa shape index (κ3) is 78.4. The van der Waals surface area contributed by atoms with Crippen LogP contribution in [0, 0.1) is 0 Å². The van der Waals surface area contributed by atoms with E-state index in [-0.39, 0.29) is 84.4 Å². The third-order valence-electron chi connectivity index (χ3n) is 0. The van der Waals surface area contributed by atoms with Crippen molar-refractivity contribution < 1.29 is 84.4 Å². The second-order valence-electron chi connectivity index (χ2n) is 0. The van der Waals surface area contributed by atoms with Gasteiger partial charge in [-0.3, -0.25) is 0 Å². The van der Waals surface area contributed by atoms with Gasteiger partial charge < -0.3 is 21.9 Å². The standard InChI is InChI=1S/Co.4H2O.Zn.Zr/h;4*1H2;;/q;;;;;;+4/p-4. The molecule has 1 radical (unpaired) electrons. The van der Waals surface area contributed by atoms with Gasteiger partial charge in [0.1, 0.15) is 0 Å². The summed E-state index contributed by atoms with van der Waals surface area (Å²) in [5, 5.41) is 0. The molecule has 0 spiro atoms. The molecule has 0 aromatic carbocycles. The first kappa shape index (κ1) is 159. The zero-order chi connectivity index (χ0) is 0. The van der Waals surface area contributed by atoms with E-state index in [1.807, 2.05) is 0 Å². The summed E-state index contributed by atoms with van der Waals surface area (Å²) in [6.45, 7) is 0. The maximum atomic E-state index is 0. The molecular formula is H4CoO4ZnZr. The van der Waals surface area contributed by atoms with Gasteiger partial charge >= 0.3 is 26.2 Å². The van der Waals surface area contributed by atoms with Crippen LogP contribution in [0.3, 0.4) is 0 Å². The first-order valence-electron chi connectivity index (χ1n) is 0. The molecule has 0 aromatic heterocycles. The fourth-order valence-electron chi connectivity index (χ4n) is 0. The van der Waals surface area contributed by atoms with Crippen molar-refractivity contribution in [3.05, 3.63) is 0 Å². The van der Waals surface area contributed by atoms with Crippen molar-refractivity contribution in [2.75, 3.05) is 0 Å². The summed E-state index contributed by atoms with van der Waals surface area (Å²) >= 11 is 0. The number of hydrogen-bond acceptors (Lipinski definition) is 4. The van der Waals surface area contributed by atoms with Crippen molar-refractivity contribution in [3.8, 4) is 0 Å². The Balaban J connectivity index is 0. The fourth-order valence-corrected chi connectivity index (χ4v) is 0. The van der Waals surface area contributed by atoms with Crippen LogP contribution in [0.15, 0.2) is 0 Å². The Labute approximate surface area is 83.7 Å². The molecule has 0 saturated carbocycles. The van der Waals surface area contributed by atoms with E-state index in [9.17, 15) is 0 Å². The number of hydrogen-bond donors (Lipinski definition) is 0. The van der Waals surface area contributed by atoms with Gasteiger partial charge in [-0.25, -0.2) is 0 Å². The molecule has 43 valence electrons. The molecular weight excluding hydrogens is 280 g/mol. The van der Waals surface area contributed by atoms with E-state index in [1.54, 1.807) is 0 Å². The Kier molecular flexibility index (Phi) is 2440. The van der Waals surface area contributed by atoms with E-state index in [1.165, 1.54) is 0 Å². The van der Waals surface area contributed by atoms with Gasteiger partial charge in [-0.05, 0) is 0 Å². The predicted octanol–water partition coefficient (Wildman–Crippen LogP) is -0.715. The average Bonchev–Trinajstić information content (AvgIpc) is 0. The molecule has 0 aliphatic heterocycles. The van der Waals surface area contributed by atoms with Crippen molar-refractivity contribution in [1.29, 1.82) is 0 Å². The minimum atomic E-state index is 0. The van der Waals surface area contributed by atoms with Crippen LogP contribution in [0.1, 0.15) is 0 Å². The Bertz CT molecular complexity index is 11.7. The van der Waals surface area contributed by atoms with Crippen LogP contribution < -0.4 is 0 Å². The molecule has 7 heavy (non-hydrogen) atoms. The predicted molar refractivity (Wildman–Crippen MR) is 7.74 cm³/mol. The SMILES string of the molecule is [Co].[OH-].[OH-].[OH-].[OH-].[Zn].[Zr+4]. The van der Waals surface area contributed by atoms with Crippen LogP contribution in [0.2, 0.25) is 0 Å². The average molecular weight is 284 g/mol. The molecule has 0 heterocycles. The van der Waals surface area contributed by atoms with Crippen molar-refractivity contribution >= 4 is 0 Å². The minimum absolute atomic E-state index is 0. The molecule has 0 aliphatic carbocycles. The van der Waals surface area contributed by atoms with Gasteiger partial charge in [-0.15, -0.1) is 0 Å². The van der Waals surface area contributed by atoms with Gasteiger partial charge in [0, 0.05) is 36.3 Å². The molecule has 0 fully saturated rings. The van der Waals surface area contributed by atoms with E-state index < -0.39 is 0 Å².